The van der Waals surface area contributed by atoms with Crippen LogP contribution in [0, 0.1) is 5.82 Å². The summed E-state index contributed by atoms with van der Waals surface area (Å²) < 4.78 is 24.9. The molecule has 3 heterocycles. The fourth-order valence-corrected chi connectivity index (χ4v) is 4.76. The highest BCUT2D eigenvalue weighted by molar-refractivity contribution is 5.79. The largest absolute Gasteiger partial charge is 0.493 e. The summed E-state index contributed by atoms with van der Waals surface area (Å²) in [7, 11) is 0. The van der Waals surface area contributed by atoms with Crippen LogP contribution in [0.15, 0.2) is 30.3 Å². The number of piperidine rings is 1. The number of carbonyl (C=O) groups is 1. The van der Waals surface area contributed by atoms with Gasteiger partial charge in [-0.1, -0.05) is 12.1 Å². The van der Waals surface area contributed by atoms with Crippen LogP contribution in [0.2, 0.25) is 0 Å². The summed E-state index contributed by atoms with van der Waals surface area (Å²) in [6.07, 6.45) is 4.12. The molecule has 0 aliphatic carbocycles. The zero-order valence-electron chi connectivity index (χ0n) is 15.9. The minimum absolute atomic E-state index is 0.119. The number of carbonyl (C=O) groups excluding carboxylic acids is 1. The van der Waals surface area contributed by atoms with Gasteiger partial charge in [-0.15, -0.1) is 0 Å². The number of likely N-dealkylation sites (tertiary alicyclic amines) is 1. The van der Waals surface area contributed by atoms with Gasteiger partial charge in [0.25, 0.3) is 0 Å². The first-order chi connectivity index (χ1) is 13.7. The van der Waals surface area contributed by atoms with Crippen LogP contribution in [0.25, 0.3) is 0 Å². The first-order valence-corrected chi connectivity index (χ1v) is 10.2. The molecule has 146 valence electrons. The van der Waals surface area contributed by atoms with Crippen LogP contribution in [0.5, 0.6) is 11.5 Å². The van der Waals surface area contributed by atoms with E-state index in [4.69, 9.17) is 9.47 Å². The van der Waals surface area contributed by atoms with Gasteiger partial charge in [-0.05, 0) is 42.5 Å². The van der Waals surface area contributed by atoms with E-state index in [9.17, 15) is 9.18 Å². The lowest BCUT2D eigenvalue weighted by Crippen LogP contribution is -2.39. The quantitative estimate of drug-likeness (QED) is 0.815. The Labute approximate surface area is 164 Å². The first-order valence-electron chi connectivity index (χ1n) is 10.2. The number of nitrogens with zero attached hydrogens (tertiary/aromatic N) is 1. The third-order valence-electron chi connectivity index (χ3n) is 6.22. The van der Waals surface area contributed by atoms with Gasteiger partial charge in [0.2, 0.25) is 5.91 Å². The van der Waals surface area contributed by atoms with Gasteiger partial charge in [0.05, 0.1) is 19.6 Å². The SMILES string of the molecule is O=C(Cc1ccc(F)cc1)N1CCC(c2c3c(cc4c2OCC4)OCC3)CC1. The maximum Gasteiger partial charge on any atom is 0.226 e. The molecule has 4 nitrogen and oxygen atoms in total. The van der Waals surface area contributed by atoms with Crippen molar-refractivity contribution < 1.29 is 18.7 Å². The fraction of sp³-hybridized carbons (Fsp3) is 0.435. The van der Waals surface area contributed by atoms with Crippen molar-refractivity contribution in [2.45, 2.75) is 38.0 Å². The second-order valence-corrected chi connectivity index (χ2v) is 7.91. The number of rotatable bonds is 3. The molecular weight excluding hydrogens is 357 g/mol. The maximum absolute atomic E-state index is 13.1. The number of hydrogen-bond donors (Lipinski definition) is 0. The Bertz CT molecular complexity index is 869. The molecule has 0 radical (unpaired) electrons. The van der Waals surface area contributed by atoms with E-state index in [2.05, 4.69) is 6.07 Å². The molecule has 5 rings (SSSR count). The third kappa shape index (κ3) is 3.13. The predicted molar refractivity (Wildman–Crippen MR) is 103 cm³/mol. The van der Waals surface area contributed by atoms with Crippen LogP contribution in [-0.4, -0.2) is 37.1 Å². The lowest BCUT2D eigenvalue weighted by molar-refractivity contribution is -0.131. The van der Waals surface area contributed by atoms with Crippen molar-refractivity contribution >= 4 is 5.91 Å². The summed E-state index contributed by atoms with van der Waals surface area (Å²) in [6.45, 7) is 3.01. The molecule has 0 bridgehead atoms. The van der Waals surface area contributed by atoms with Gasteiger partial charge in [-0.2, -0.15) is 0 Å². The molecule has 0 spiro atoms. The average molecular weight is 381 g/mol. The van der Waals surface area contributed by atoms with E-state index in [1.807, 2.05) is 4.90 Å². The molecule has 1 fully saturated rings. The summed E-state index contributed by atoms with van der Waals surface area (Å²) in [6, 6.07) is 8.36. The van der Waals surface area contributed by atoms with E-state index in [0.29, 0.717) is 12.3 Å². The molecule has 0 N–H and O–H groups in total. The molecule has 5 heteroatoms. The lowest BCUT2D eigenvalue weighted by Gasteiger charge is -2.33. The average Bonchev–Trinajstić information content (AvgIpc) is 3.37. The van der Waals surface area contributed by atoms with E-state index in [-0.39, 0.29) is 11.7 Å². The summed E-state index contributed by atoms with van der Waals surface area (Å²) in [5.74, 6) is 2.38. The van der Waals surface area contributed by atoms with E-state index >= 15 is 0 Å². The number of ether oxygens (including phenoxy) is 2. The van der Waals surface area contributed by atoms with Crippen LogP contribution in [0.1, 0.15) is 41.0 Å². The maximum atomic E-state index is 13.1. The Hall–Kier alpha value is -2.56. The second-order valence-electron chi connectivity index (χ2n) is 7.91. The number of amides is 1. The van der Waals surface area contributed by atoms with Gasteiger partial charge in [0.15, 0.2) is 0 Å². The number of fused-ring (bicyclic) bond motifs is 2. The van der Waals surface area contributed by atoms with Crippen molar-refractivity contribution in [2.24, 2.45) is 0 Å². The Morgan fingerprint density at radius 3 is 2.61 bits per heavy atom. The van der Waals surface area contributed by atoms with Gasteiger partial charge in [0, 0.05) is 42.6 Å². The minimum Gasteiger partial charge on any atom is -0.493 e. The van der Waals surface area contributed by atoms with Crippen LogP contribution in [-0.2, 0) is 24.1 Å². The van der Waals surface area contributed by atoms with Crippen LogP contribution >= 0.6 is 0 Å². The number of hydrogen-bond acceptors (Lipinski definition) is 3. The van der Waals surface area contributed by atoms with E-state index in [1.165, 1.54) is 28.8 Å². The van der Waals surface area contributed by atoms with Gasteiger partial charge < -0.3 is 14.4 Å². The van der Waals surface area contributed by atoms with Gasteiger partial charge >= 0.3 is 0 Å². The molecule has 2 aromatic rings. The Morgan fingerprint density at radius 2 is 1.82 bits per heavy atom. The highest BCUT2D eigenvalue weighted by Gasteiger charge is 2.33. The lowest BCUT2D eigenvalue weighted by atomic mass is 9.83. The zero-order valence-corrected chi connectivity index (χ0v) is 15.9. The first kappa shape index (κ1) is 17.5. The molecule has 0 aromatic heterocycles. The summed E-state index contributed by atoms with van der Waals surface area (Å²) in [5, 5.41) is 0. The van der Waals surface area contributed by atoms with Crippen molar-refractivity contribution in [3.8, 4) is 11.5 Å². The molecule has 1 saturated heterocycles. The highest BCUT2D eigenvalue weighted by atomic mass is 19.1. The molecule has 3 aliphatic rings. The normalized spacial score (nSPS) is 18.4. The van der Waals surface area contributed by atoms with E-state index < -0.39 is 0 Å². The Morgan fingerprint density at radius 1 is 1.07 bits per heavy atom. The molecule has 0 unspecified atom stereocenters. The van der Waals surface area contributed by atoms with E-state index in [1.54, 1.807) is 12.1 Å². The summed E-state index contributed by atoms with van der Waals surface area (Å²) in [5.41, 5.74) is 4.79. The van der Waals surface area contributed by atoms with Crippen LogP contribution < -0.4 is 9.47 Å². The van der Waals surface area contributed by atoms with Crippen LogP contribution in [0.3, 0.4) is 0 Å². The van der Waals surface area contributed by atoms with Crippen molar-refractivity contribution in [1.29, 1.82) is 0 Å². The van der Waals surface area contributed by atoms with E-state index in [0.717, 1.165) is 69.0 Å². The van der Waals surface area contributed by atoms with Crippen molar-refractivity contribution in [3.63, 3.8) is 0 Å². The summed E-state index contributed by atoms with van der Waals surface area (Å²) in [4.78, 5) is 14.6. The molecule has 0 atom stereocenters. The zero-order chi connectivity index (χ0) is 19.1. The fourth-order valence-electron chi connectivity index (χ4n) is 4.76. The minimum atomic E-state index is -0.272. The Kier molecular flexibility index (Phi) is 4.46. The van der Waals surface area contributed by atoms with Crippen LogP contribution in [0.4, 0.5) is 4.39 Å². The second kappa shape index (κ2) is 7.12. The molecule has 28 heavy (non-hydrogen) atoms. The van der Waals surface area contributed by atoms with Gasteiger partial charge in [0.1, 0.15) is 17.3 Å². The summed E-state index contributed by atoms with van der Waals surface area (Å²) >= 11 is 0. The van der Waals surface area contributed by atoms with Crippen molar-refractivity contribution in [3.05, 3.63) is 58.4 Å². The molecular formula is C23H24FNO3. The highest BCUT2D eigenvalue weighted by Crippen LogP contribution is 2.46. The van der Waals surface area contributed by atoms with Crippen molar-refractivity contribution in [1.82, 2.24) is 4.90 Å². The smallest absolute Gasteiger partial charge is 0.226 e. The molecule has 2 aromatic carbocycles. The Balaban J connectivity index is 1.29. The molecule has 3 aliphatic heterocycles. The third-order valence-corrected chi connectivity index (χ3v) is 6.22. The van der Waals surface area contributed by atoms with Gasteiger partial charge in [-0.3, -0.25) is 4.79 Å². The number of halogens is 1. The standard InChI is InChI=1S/C23H24FNO3/c24-18-3-1-15(2-4-18)13-21(26)25-9-5-16(6-10-25)22-19-8-12-27-20(19)14-17-7-11-28-23(17)22/h1-4,14,16H,5-13H2. The van der Waals surface area contributed by atoms with Gasteiger partial charge in [-0.25, -0.2) is 4.39 Å². The van der Waals surface area contributed by atoms with Crippen molar-refractivity contribution in [2.75, 3.05) is 26.3 Å². The molecule has 0 saturated carbocycles. The molecule has 1 amide bonds. The predicted octanol–water partition coefficient (Wildman–Crippen LogP) is 3.64. The monoisotopic (exact) mass is 381 g/mol. The number of benzene rings is 2. The topological polar surface area (TPSA) is 38.8 Å².